The molecule has 3 rings (SSSR count). The van der Waals surface area contributed by atoms with Gasteiger partial charge in [0.2, 0.25) is 10.0 Å². The van der Waals surface area contributed by atoms with Gasteiger partial charge in [-0.15, -0.1) is 10.2 Å². The number of nitrogens with zero attached hydrogens (tertiary/aromatic N) is 4. The fourth-order valence-corrected chi connectivity index (χ4v) is 3.78. The molecule has 6 nitrogen and oxygen atoms in total. The van der Waals surface area contributed by atoms with Crippen LogP contribution in [0.1, 0.15) is 24.7 Å². The number of aromatic nitrogens is 3. The lowest BCUT2D eigenvalue weighted by molar-refractivity contribution is 0.383. The predicted octanol–water partition coefficient (Wildman–Crippen LogP) is 1.36. The summed E-state index contributed by atoms with van der Waals surface area (Å²) in [5.41, 5.74) is 0.938. The molecular weight excluding hydrogens is 276 g/mol. The maximum Gasteiger partial charge on any atom is 0.211 e. The third-order valence-corrected chi connectivity index (χ3v) is 4.83. The second kappa shape index (κ2) is 4.99. The lowest BCUT2D eigenvalue weighted by Crippen LogP contribution is -2.30. The molecule has 1 aromatic heterocycles. The van der Waals surface area contributed by atoms with Gasteiger partial charge in [-0.2, -0.15) is 4.31 Å². The third-order valence-electron chi connectivity index (χ3n) is 3.54. The van der Waals surface area contributed by atoms with Gasteiger partial charge in [0.25, 0.3) is 0 Å². The Kier molecular flexibility index (Phi) is 3.31. The highest BCUT2D eigenvalue weighted by Crippen LogP contribution is 2.33. The first-order chi connectivity index (χ1) is 9.57. The largest absolute Gasteiger partial charge is 0.284 e. The van der Waals surface area contributed by atoms with Crippen LogP contribution < -0.4 is 0 Å². The van der Waals surface area contributed by atoms with E-state index in [-0.39, 0.29) is 6.04 Å². The number of sulfonamides is 1. The molecule has 1 atom stereocenters. The van der Waals surface area contributed by atoms with Crippen LogP contribution in [0.3, 0.4) is 0 Å². The monoisotopic (exact) mass is 292 g/mol. The molecule has 106 valence electrons. The van der Waals surface area contributed by atoms with E-state index in [1.54, 1.807) is 6.33 Å². The molecule has 7 heteroatoms. The molecule has 1 aliphatic rings. The summed E-state index contributed by atoms with van der Waals surface area (Å²) in [7, 11) is -3.22. The van der Waals surface area contributed by atoms with Crippen LogP contribution in [0.5, 0.6) is 0 Å². The molecule has 1 fully saturated rings. The van der Waals surface area contributed by atoms with Gasteiger partial charge in [-0.3, -0.25) is 4.57 Å². The molecule has 0 unspecified atom stereocenters. The van der Waals surface area contributed by atoms with E-state index in [0.29, 0.717) is 12.4 Å². The Bertz CT molecular complexity index is 696. The summed E-state index contributed by atoms with van der Waals surface area (Å²) in [6.45, 7) is 0.547. The minimum atomic E-state index is -3.22. The zero-order valence-electron chi connectivity index (χ0n) is 11.2. The van der Waals surface area contributed by atoms with E-state index in [1.807, 2.05) is 34.9 Å². The van der Waals surface area contributed by atoms with E-state index in [2.05, 4.69) is 10.2 Å². The molecule has 0 amide bonds. The Balaban J connectivity index is 2.02. The maximum absolute atomic E-state index is 11.9. The summed E-state index contributed by atoms with van der Waals surface area (Å²) in [6.07, 6.45) is 4.50. The summed E-state index contributed by atoms with van der Waals surface area (Å²) in [5, 5.41) is 8.10. The highest BCUT2D eigenvalue weighted by atomic mass is 32.2. The summed E-state index contributed by atoms with van der Waals surface area (Å²) in [5.74, 6) is 0.680. The van der Waals surface area contributed by atoms with Crippen LogP contribution in [0.15, 0.2) is 36.7 Å². The van der Waals surface area contributed by atoms with E-state index in [4.69, 9.17) is 0 Å². The molecule has 0 bridgehead atoms. The quantitative estimate of drug-likeness (QED) is 0.856. The minimum Gasteiger partial charge on any atom is -0.284 e. The maximum atomic E-state index is 11.9. The standard InChI is InChI=1S/C13H16N4O2S/c1-20(18,19)17-9-5-8-12(17)13-15-14-10-16(13)11-6-3-2-4-7-11/h2-4,6-7,10,12H,5,8-9H2,1H3/t12-/m0/s1. The molecule has 20 heavy (non-hydrogen) atoms. The van der Waals surface area contributed by atoms with Crippen molar-refractivity contribution in [3.63, 3.8) is 0 Å². The van der Waals surface area contributed by atoms with E-state index in [9.17, 15) is 8.42 Å². The van der Waals surface area contributed by atoms with Crippen LogP contribution in [0, 0.1) is 0 Å². The fourth-order valence-electron chi connectivity index (χ4n) is 2.65. The van der Waals surface area contributed by atoms with Crippen LogP contribution in [0.4, 0.5) is 0 Å². The SMILES string of the molecule is CS(=O)(=O)N1CCC[C@H]1c1nncn1-c1ccccc1. The van der Waals surface area contributed by atoms with Crippen molar-refractivity contribution < 1.29 is 8.42 Å². The molecule has 1 aromatic carbocycles. The van der Waals surface area contributed by atoms with E-state index < -0.39 is 10.0 Å². The second-order valence-electron chi connectivity index (χ2n) is 4.93. The lowest BCUT2D eigenvalue weighted by atomic mass is 10.2. The zero-order valence-corrected chi connectivity index (χ0v) is 12.0. The van der Waals surface area contributed by atoms with Gasteiger partial charge in [-0.05, 0) is 25.0 Å². The Morgan fingerprint density at radius 2 is 2.00 bits per heavy atom. The summed E-state index contributed by atoms with van der Waals surface area (Å²) >= 11 is 0. The second-order valence-corrected chi connectivity index (χ2v) is 6.86. The number of para-hydroxylation sites is 1. The lowest BCUT2D eigenvalue weighted by Gasteiger charge is -2.21. The Hall–Kier alpha value is -1.73. The number of hydrogen-bond donors (Lipinski definition) is 0. The molecule has 0 aliphatic carbocycles. The van der Waals surface area contributed by atoms with E-state index in [1.165, 1.54) is 10.6 Å². The topological polar surface area (TPSA) is 68.1 Å². The van der Waals surface area contributed by atoms with Crippen molar-refractivity contribution in [2.45, 2.75) is 18.9 Å². The van der Waals surface area contributed by atoms with Gasteiger partial charge < -0.3 is 0 Å². The van der Waals surface area contributed by atoms with E-state index >= 15 is 0 Å². The van der Waals surface area contributed by atoms with Crippen LogP contribution >= 0.6 is 0 Å². The van der Waals surface area contributed by atoms with Crippen molar-refractivity contribution in [2.24, 2.45) is 0 Å². The highest BCUT2D eigenvalue weighted by molar-refractivity contribution is 7.88. The van der Waals surface area contributed by atoms with Gasteiger partial charge in [0.1, 0.15) is 6.33 Å². The molecule has 1 saturated heterocycles. The first-order valence-electron chi connectivity index (χ1n) is 6.49. The fraction of sp³-hybridized carbons (Fsp3) is 0.385. The molecule has 0 radical (unpaired) electrons. The van der Waals surface area contributed by atoms with Crippen molar-refractivity contribution in [2.75, 3.05) is 12.8 Å². The Morgan fingerprint density at radius 3 is 2.70 bits per heavy atom. The Morgan fingerprint density at radius 1 is 1.25 bits per heavy atom. The summed E-state index contributed by atoms with van der Waals surface area (Å²) in [4.78, 5) is 0. The van der Waals surface area contributed by atoms with Gasteiger partial charge in [0.05, 0.1) is 12.3 Å². The molecule has 0 saturated carbocycles. The number of hydrogen-bond acceptors (Lipinski definition) is 4. The highest BCUT2D eigenvalue weighted by Gasteiger charge is 2.35. The van der Waals surface area contributed by atoms with Crippen LogP contribution in [0.2, 0.25) is 0 Å². The molecule has 2 heterocycles. The summed E-state index contributed by atoms with van der Waals surface area (Å²) < 4.78 is 27.1. The van der Waals surface area contributed by atoms with Crippen molar-refractivity contribution in [3.05, 3.63) is 42.5 Å². The van der Waals surface area contributed by atoms with Gasteiger partial charge in [0, 0.05) is 12.2 Å². The molecular formula is C13H16N4O2S. The normalized spacial score (nSPS) is 20.4. The zero-order chi connectivity index (χ0) is 14.2. The average Bonchev–Trinajstić information content (AvgIpc) is 3.07. The van der Waals surface area contributed by atoms with Crippen LogP contribution in [-0.4, -0.2) is 40.3 Å². The Labute approximate surface area is 118 Å². The summed E-state index contributed by atoms with van der Waals surface area (Å²) in [6, 6.07) is 9.47. The molecule has 1 aliphatic heterocycles. The van der Waals surface area contributed by atoms with Crippen molar-refractivity contribution in [3.8, 4) is 5.69 Å². The van der Waals surface area contributed by atoms with E-state index in [0.717, 1.165) is 18.5 Å². The minimum absolute atomic E-state index is 0.229. The van der Waals surface area contributed by atoms with Gasteiger partial charge in [-0.25, -0.2) is 8.42 Å². The third kappa shape index (κ3) is 2.34. The smallest absolute Gasteiger partial charge is 0.211 e. The number of benzene rings is 1. The van der Waals surface area contributed by atoms with Gasteiger partial charge >= 0.3 is 0 Å². The first kappa shape index (κ1) is 13.3. The molecule has 0 N–H and O–H groups in total. The first-order valence-corrected chi connectivity index (χ1v) is 8.34. The van der Waals surface area contributed by atoms with Gasteiger partial charge in [-0.1, -0.05) is 18.2 Å². The predicted molar refractivity (Wildman–Crippen MR) is 74.9 cm³/mol. The average molecular weight is 292 g/mol. The molecule has 2 aromatic rings. The van der Waals surface area contributed by atoms with Crippen molar-refractivity contribution in [1.29, 1.82) is 0 Å². The molecule has 0 spiro atoms. The van der Waals surface area contributed by atoms with Crippen molar-refractivity contribution in [1.82, 2.24) is 19.1 Å². The van der Waals surface area contributed by atoms with Gasteiger partial charge in [0.15, 0.2) is 5.82 Å². The van der Waals surface area contributed by atoms with Crippen LogP contribution in [-0.2, 0) is 10.0 Å². The number of rotatable bonds is 3. The van der Waals surface area contributed by atoms with Crippen molar-refractivity contribution >= 4 is 10.0 Å². The van der Waals surface area contributed by atoms with Crippen LogP contribution in [0.25, 0.3) is 5.69 Å².